The van der Waals surface area contributed by atoms with Crippen molar-refractivity contribution >= 4 is 17.8 Å². The number of carboxylic acid groups (broad SMARTS) is 2. The second-order valence-electron chi connectivity index (χ2n) is 6.65. The first-order chi connectivity index (χ1) is 16.0. The van der Waals surface area contributed by atoms with Gasteiger partial charge in [-0.25, -0.2) is 9.59 Å². The Bertz CT molecular complexity index is 1130. The van der Waals surface area contributed by atoms with Gasteiger partial charge in [0, 0.05) is 43.3 Å². The Morgan fingerprint density at radius 1 is 1.14 bits per heavy atom. The Hall–Kier alpha value is -4.13. The lowest BCUT2D eigenvalue weighted by atomic mass is 10.0. The highest BCUT2D eigenvalue weighted by atomic mass is 19.4. The van der Waals surface area contributed by atoms with Crippen molar-refractivity contribution in [2.45, 2.75) is 32.4 Å². The molecule has 190 valence electrons. The maximum Gasteiger partial charge on any atom is 0.490 e. The van der Waals surface area contributed by atoms with Gasteiger partial charge in [0.25, 0.3) is 5.91 Å². The zero-order valence-corrected chi connectivity index (χ0v) is 17.7. The fourth-order valence-corrected chi connectivity index (χ4v) is 2.86. The number of carboxylic acids is 2. The first kappa shape index (κ1) is 28.9. The molecule has 10 nitrogen and oxygen atoms in total. The van der Waals surface area contributed by atoms with Crippen molar-refractivity contribution in [2.24, 2.45) is 5.73 Å². The molecule has 0 fully saturated rings. The van der Waals surface area contributed by atoms with Crippen LogP contribution in [0.4, 0.5) is 26.3 Å². The van der Waals surface area contributed by atoms with E-state index in [2.05, 4.69) is 16.4 Å². The smallest absolute Gasteiger partial charge is 0.475 e. The van der Waals surface area contributed by atoms with Crippen LogP contribution in [0.1, 0.15) is 27.2 Å². The van der Waals surface area contributed by atoms with Gasteiger partial charge in [-0.1, -0.05) is 0 Å². The number of pyridine rings is 1. The molecule has 3 heterocycles. The van der Waals surface area contributed by atoms with E-state index in [-0.39, 0.29) is 0 Å². The summed E-state index contributed by atoms with van der Waals surface area (Å²) < 4.78 is 65.5. The maximum atomic E-state index is 11.8. The minimum Gasteiger partial charge on any atom is -0.475 e. The first-order valence-electron chi connectivity index (χ1n) is 9.21. The third-order valence-corrected chi connectivity index (χ3v) is 4.31. The summed E-state index contributed by atoms with van der Waals surface area (Å²) in [6.45, 7) is 3.98. The second kappa shape index (κ2) is 11.3. The fraction of sp³-hybridized carbons (Fsp3) is 0.316. The van der Waals surface area contributed by atoms with E-state index in [1.807, 2.05) is 17.6 Å². The third-order valence-electron chi connectivity index (χ3n) is 4.31. The van der Waals surface area contributed by atoms with Crippen LogP contribution in [0.3, 0.4) is 0 Å². The van der Waals surface area contributed by atoms with Gasteiger partial charge in [0.1, 0.15) is 6.07 Å². The maximum absolute atomic E-state index is 11.8. The Labute approximate surface area is 192 Å². The summed E-state index contributed by atoms with van der Waals surface area (Å²) in [6.07, 6.45) is -6.73. The molecule has 0 radical (unpaired) electrons. The van der Waals surface area contributed by atoms with Crippen LogP contribution in [0.25, 0.3) is 11.3 Å². The number of amides is 1. The Morgan fingerprint density at radius 2 is 1.66 bits per heavy atom. The quantitative estimate of drug-likeness (QED) is 0.446. The van der Waals surface area contributed by atoms with Gasteiger partial charge in [-0.3, -0.25) is 9.78 Å². The van der Waals surface area contributed by atoms with Crippen molar-refractivity contribution in [1.29, 1.82) is 5.26 Å². The number of nitrogens with zero attached hydrogens (tertiary/aromatic N) is 3. The molecule has 5 N–H and O–H groups in total. The molecule has 2 aromatic rings. The third kappa shape index (κ3) is 7.43. The number of nitrogens with two attached hydrogens (primary N) is 1. The van der Waals surface area contributed by atoms with Crippen molar-refractivity contribution in [3.63, 3.8) is 0 Å². The van der Waals surface area contributed by atoms with Gasteiger partial charge in [0.05, 0.1) is 16.8 Å². The molecule has 2 aromatic heterocycles. The van der Waals surface area contributed by atoms with Crippen molar-refractivity contribution in [1.82, 2.24) is 14.9 Å². The number of nitriles is 1. The Morgan fingerprint density at radius 3 is 2.06 bits per heavy atom. The van der Waals surface area contributed by atoms with Crippen LogP contribution in [0.5, 0.6) is 0 Å². The number of halogens is 6. The molecular formula is C19H17F6N5O5. The van der Waals surface area contributed by atoms with Crippen LogP contribution < -0.4 is 11.1 Å². The molecule has 3 rings (SSSR count). The van der Waals surface area contributed by atoms with Crippen molar-refractivity contribution in [2.75, 3.05) is 6.54 Å². The molecule has 35 heavy (non-hydrogen) atoms. The van der Waals surface area contributed by atoms with Crippen LogP contribution in [-0.2, 0) is 22.7 Å². The summed E-state index contributed by atoms with van der Waals surface area (Å²) in [4.78, 5) is 33.7. The molecule has 1 aliphatic rings. The monoisotopic (exact) mass is 509 g/mol. The molecule has 1 amide bonds. The average molecular weight is 509 g/mol. The van der Waals surface area contributed by atoms with Gasteiger partial charge < -0.3 is 25.8 Å². The highest BCUT2D eigenvalue weighted by molar-refractivity contribution is 5.99. The summed E-state index contributed by atoms with van der Waals surface area (Å²) >= 11 is 0. The van der Waals surface area contributed by atoms with Gasteiger partial charge in [-0.2, -0.15) is 31.6 Å². The average Bonchev–Trinajstić information content (AvgIpc) is 3.08. The largest absolute Gasteiger partial charge is 0.490 e. The number of carbonyl (C=O) groups is 3. The lowest BCUT2D eigenvalue weighted by Crippen LogP contribution is -2.30. The lowest BCUT2D eigenvalue weighted by Gasteiger charge is -2.20. The number of fused-ring (bicyclic) bond motifs is 1. The molecule has 0 aromatic carbocycles. The standard InChI is InChI=1S/C15H15N5O.2C2HF3O2/c1-9-2-3-18-7-11(9)14-10(6-16)13(15(17)21)12-8-19-4-5-20(12)14;2*3-2(4,5)1(6)7/h2-3,7,19H,4-5,8H2,1H3,(H2,17,21);2*(H,6,7). The molecule has 16 heteroatoms. The Kier molecular flexibility index (Phi) is 9.36. The number of aryl methyl sites for hydroxylation is 1. The van der Waals surface area contributed by atoms with E-state index in [4.69, 9.17) is 25.5 Å². The number of aromatic nitrogens is 2. The number of hydrogen-bond donors (Lipinski definition) is 4. The van der Waals surface area contributed by atoms with E-state index in [9.17, 15) is 36.4 Å². The number of carbonyl (C=O) groups excluding carboxylic acids is 1. The Balaban J connectivity index is 0.000000362. The van der Waals surface area contributed by atoms with Crippen LogP contribution in [-0.4, -0.2) is 56.5 Å². The molecule has 0 atom stereocenters. The second-order valence-corrected chi connectivity index (χ2v) is 6.65. The van der Waals surface area contributed by atoms with E-state index in [0.717, 1.165) is 29.1 Å². The number of primary amides is 1. The number of alkyl halides is 6. The fourth-order valence-electron chi connectivity index (χ4n) is 2.86. The van der Waals surface area contributed by atoms with Crippen LogP contribution in [0, 0.1) is 18.3 Å². The van der Waals surface area contributed by atoms with Gasteiger partial charge in [-0.15, -0.1) is 0 Å². The van der Waals surface area contributed by atoms with Gasteiger partial charge in [0.2, 0.25) is 0 Å². The van der Waals surface area contributed by atoms with E-state index < -0.39 is 30.2 Å². The molecule has 0 saturated heterocycles. The molecule has 0 saturated carbocycles. The predicted molar refractivity (Wildman–Crippen MR) is 105 cm³/mol. The summed E-state index contributed by atoms with van der Waals surface area (Å²) in [6, 6.07) is 4.04. The van der Waals surface area contributed by atoms with Crippen molar-refractivity contribution < 1.29 is 50.9 Å². The number of rotatable bonds is 2. The van der Waals surface area contributed by atoms with Crippen molar-refractivity contribution in [3.8, 4) is 17.3 Å². The molecule has 0 bridgehead atoms. The van der Waals surface area contributed by atoms with Gasteiger partial charge >= 0.3 is 24.3 Å². The zero-order chi connectivity index (χ0) is 27.1. The summed E-state index contributed by atoms with van der Waals surface area (Å²) in [7, 11) is 0. The normalized spacial score (nSPS) is 12.6. The molecular weight excluding hydrogens is 492 g/mol. The molecule has 0 aliphatic carbocycles. The number of nitrogens with one attached hydrogen (secondary N) is 1. The van der Waals surface area contributed by atoms with Crippen LogP contribution >= 0.6 is 0 Å². The molecule has 0 spiro atoms. The molecule has 1 aliphatic heterocycles. The summed E-state index contributed by atoms with van der Waals surface area (Å²) in [5, 5.41) is 27.0. The van der Waals surface area contributed by atoms with Gasteiger partial charge in [-0.05, 0) is 18.6 Å². The SMILES string of the molecule is Cc1ccncc1-c1c(C#N)c(C(N)=O)c2n1CCNC2.O=C(O)C(F)(F)F.O=C(O)C(F)(F)F. The summed E-state index contributed by atoms with van der Waals surface area (Å²) in [5.41, 5.74) is 9.56. The van der Waals surface area contributed by atoms with E-state index in [1.54, 1.807) is 12.4 Å². The van der Waals surface area contributed by atoms with Crippen LogP contribution in [0.15, 0.2) is 18.5 Å². The number of aliphatic carboxylic acids is 2. The minimum absolute atomic E-state index is 0.322. The summed E-state index contributed by atoms with van der Waals surface area (Å²) in [5.74, 6) is -6.08. The predicted octanol–water partition coefficient (Wildman–Crippen LogP) is 2.20. The van der Waals surface area contributed by atoms with Crippen LogP contribution in [0.2, 0.25) is 0 Å². The highest BCUT2D eigenvalue weighted by Crippen LogP contribution is 2.33. The van der Waals surface area contributed by atoms with E-state index in [1.165, 1.54) is 0 Å². The topological polar surface area (TPSA) is 171 Å². The zero-order valence-electron chi connectivity index (χ0n) is 17.7. The van der Waals surface area contributed by atoms with Gasteiger partial charge in [0.15, 0.2) is 0 Å². The van der Waals surface area contributed by atoms with Crippen molar-refractivity contribution in [3.05, 3.63) is 40.8 Å². The van der Waals surface area contributed by atoms with E-state index in [0.29, 0.717) is 24.2 Å². The highest BCUT2D eigenvalue weighted by Gasteiger charge is 2.38. The lowest BCUT2D eigenvalue weighted by molar-refractivity contribution is -0.193. The minimum atomic E-state index is -5.08. The van der Waals surface area contributed by atoms with E-state index >= 15 is 0 Å². The first-order valence-corrected chi connectivity index (χ1v) is 9.21. The number of hydrogen-bond acceptors (Lipinski definition) is 6. The molecule has 0 unspecified atom stereocenters.